The second-order valence-corrected chi connectivity index (χ2v) is 3.89. The van der Waals surface area contributed by atoms with Gasteiger partial charge >= 0.3 is 0 Å². The van der Waals surface area contributed by atoms with Gasteiger partial charge in [-0.15, -0.1) is 0 Å². The highest BCUT2D eigenvalue weighted by atomic mass is 35.5. The molecule has 0 aliphatic heterocycles. The molecular formula is C10H16ClN3O2. The maximum atomic E-state index is 11.7. The number of methoxy groups -OCH3 is 1. The van der Waals surface area contributed by atoms with Crippen LogP contribution in [0.2, 0.25) is 5.02 Å². The Morgan fingerprint density at radius 2 is 2.44 bits per heavy atom. The van der Waals surface area contributed by atoms with Crippen molar-refractivity contribution in [3.63, 3.8) is 0 Å². The first kappa shape index (κ1) is 13.0. The maximum Gasteiger partial charge on any atom is 0.244 e. The fourth-order valence-electron chi connectivity index (χ4n) is 1.33. The molecular weight excluding hydrogens is 230 g/mol. The average molecular weight is 246 g/mol. The van der Waals surface area contributed by atoms with Gasteiger partial charge in [-0.25, -0.2) is 0 Å². The number of ether oxygens (including phenoxy) is 1. The van der Waals surface area contributed by atoms with Gasteiger partial charge in [0.15, 0.2) is 0 Å². The van der Waals surface area contributed by atoms with Gasteiger partial charge in [0.05, 0.1) is 23.5 Å². The maximum absolute atomic E-state index is 11.7. The normalized spacial score (nSPS) is 12.5. The molecule has 0 bridgehead atoms. The summed E-state index contributed by atoms with van der Waals surface area (Å²) in [4.78, 5) is 11.7. The number of carbonyl (C=O) groups is 1. The second-order valence-electron chi connectivity index (χ2n) is 3.48. The van der Waals surface area contributed by atoms with E-state index in [0.29, 0.717) is 18.2 Å². The van der Waals surface area contributed by atoms with Gasteiger partial charge in [0.2, 0.25) is 5.91 Å². The monoisotopic (exact) mass is 245 g/mol. The van der Waals surface area contributed by atoms with Crippen LogP contribution in [0.3, 0.4) is 0 Å². The van der Waals surface area contributed by atoms with Crippen molar-refractivity contribution in [1.29, 1.82) is 0 Å². The third-order valence-electron chi connectivity index (χ3n) is 2.34. The molecule has 1 aromatic rings. The molecule has 90 valence electrons. The summed E-state index contributed by atoms with van der Waals surface area (Å²) < 4.78 is 6.45. The van der Waals surface area contributed by atoms with E-state index in [1.54, 1.807) is 18.7 Å². The van der Waals surface area contributed by atoms with Gasteiger partial charge in [0.1, 0.15) is 6.04 Å². The Labute approximate surface area is 99.7 Å². The fourth-order valence-corrected chi connectivity index (χ4v) is 1.46. The fraction of sp³-hybridized carbons (Fsp3) is 0.600. The van der Waals surface area contributed by atoms with Crippen LogP contribution in [0.4, 0.5) is 0 Å². The summed E-state index contributed by atoms with van der Waals surface area (Å²) in [5.41, 5.74) is 0.788. The van der Waals surface area contributed by atoms with E-state index in [-0.39, 0.29) is 11.9 Å². The van der Waals surface area contributed by atoms with E-state index in [1.165, 1.54) is 6.20 Å². The molecule has 0 radical (unpaired) electrons. The predicted molar refractivity (Wildman–Crippen MR) is 61.6 cm³/mol. The third-order valence-corrected chi connectivity index (χ3v) is 2.71. The van der Waals surface area contributed by atoms with E-state index in [2.05, 4.69) is 10.4 Å². The molecule has 0 spiro atoms. The minimum Gasteiger partial charge on any atom is -0.383 e. The van der Waals surface area contributed by atoms with Crippen molar-refractivity contribution in [2.24, 2.45) is 0 Å². The zero-order valence-corrected chi connectivity index (χ0v) is 10.4. The molecule has 1 atom stereocenters. The van der Waals surface area contributed by atoms with E-state index in [1.807, 2.05) is 6.92 Å². The number of aromatic nitrogens is 2. The van der Waals surface area contributed by atoms with Crippen LogP contribution in [-0.4, -0.2) is 35.9 Å². The summed E-state index contributed by atoms with van der Waals surface area (Å²) in [5, 5.41) is 7.37. The highest BCUT2D eigenvalue weighted by Gasteiger charge is 2.17. The summed E-state index contributed by atoms with van der Waals surface area (Å²) >= 11 is 5.87. The van der Waals surface area contributed by atoms with Crippen molar-refractivity contribution in [2.75, 3.05) is 20.3 Å². The molecule has 6 heteroatoms. The van der Waals surface area contributed by atoms with E-state index >= 15 is 0 Å². The van der Waals surface area contributed by atoms with Crippen LogP contribution >= 0.6 is 11.6 Å². The van der Waals surface area contributed by atoms with E-state index in [4.69, 9.17) is 16.3 Å². The van der Waals surface area contributed by atoms with Crippen molar-refractivity contribution in [3.05, 3.63) is 16.9 Å². The van der Waals surface area contributed by atoms with Crippen molar-refractivity contribution >= 4 is 17.5 Å². The van der Waals surface area contributed by atoms with Gasteiger partial charge in [-0.2, -0.15) is 5.10 Å². The van der Waals surface area contributed by atoms with Gasteiger partial charge < -0.3 is 10.1 Å². The van der Waals surface area contributed by atoms with E-state index in [9.17, 15) is 4.79 Å². The summed E-state index contributed by atoms with van der Waals surface area (Å²) in [5.74, 6) is -0.0973. The Hall–Kier alpha value is -1.07. The molecule has 1 rings (SSSR count). The lowest BCUT2D eigenvalue weighted by atomic mass is 10.3. The lowest BCUT2D eigenvalue weighted by molar-refractivity contribution is -0.124. The molecule has 1 heterocycles. The first-order valence-corrected chi connectivity index (χ1v) is 5.42. The molecule has 1 aromatic heterocycles. The molecule has 0 saturated heterocycles. The van der Waals surface area contributed by atoms with Crippen LogP contribution < -0.4 is 5.32 Å². The van der Waals surface area contributed by atoms with Crippen LogP contribution in [0.15, 0.2) is 6.20 Å². The van der Waals surface area contributed by atoms with E-state index < -0.39 is 0 Å². The van der Waals surface area contributed by atoms with Gasteiger partial charge in [-0.1, -0.05) is 11.6 Å². The van der Waals surface area contributed by atoms with Gasteiger partial charge in [0.25, 0.3) is 0 Å². The van der Waals surface area contributed by atoms with E-state index in [0.717, 1.165) is 5.69 Å². The molecule has 1 N–H and O–H groups in total. The van der Waals surface area contributed by atoms with Crippen LogP contribution in [0.1, 0.15) is 18.7 Å². The first-order chi connectivity index (χ1) is 7.57. The van der Waals surface area contributed by atoms with Gasteiger partial charge in [-0.3, -0.25) is 9.48 Å². The molecule has 0 fully saturated rings. The average Bonchev–Trinajstić information content (AvgIpc) is 2.59. The molecule has 0 aliphatic rings. The number of amides is 1. The van der Waals surface area contributed by atoms with Crippen molar-refractivity contribution in [2.45, 2.75) is 19.9 Å². The minimum atomic E-state index is -0.371. The number of carbonyl (C=O) groups excluding carboxylic acids is 1. The Kier molecular flexibility index (Phi) is 4.76. The zero-order valence-electron chi connectivity index (χ0n) is 9.66. The molecule has 1 amide bonds. The molecule has 0 saturated carbocycles. The largest absolute Gasteiger partial charge is 0.383 e. The number of hydrogen-bond donors (Lipinski definition) is 1. The molecule has 0 aliphatic carbocycles. The van der Waals surface area contributed by atoms with Gasteiger partial charge in [-0.05, 0) is 13.8 Å². The first-order valence-electron chi connectivity index (χ1n) is 5.04. The summed E-state index contributed by atoms with van der Waals surface area (Å²) in [6.45, 7) is 4.59. The van der Waals surface area contributed by atoms with Crippen molar-refractivity contribution in [3.8, 4) is 0 Å². The Bertz CT molecular complexity index is 365. The molecule has 16 heavy (non-hydrogen) atoms. The van der Waals surface area contributed by atoms with Gasteiger partial charge in [0, 0.05) is 13.7 Å². The lowest BCUT2D eigenvalue weighted by Crippen LogP contribution is -2.33. The summed E-state index contributed by atoms with van der Waals surface area (Å²) in [7, 11) is 1.59. The number of halogens is 1. The lowest BCUT2D eigenvalue weighted by Gasteiger charge is -2.14. The SMILES string of the molecule is COCCNC(=O)C(C)n1ncc(Cl)c1C. The standard InChI is InChI=1S/C10H16ClN3O2/c1-7-9(11)6-13-14(7)8(2)10(15)12-4-5-16-3/h6,8H,4-5H2,1-3H3,(H,12,15). The molecule has 0 aromatic carbocycles. The highest BCUT2D eigenvalue weighted by molar-refractivity contribution is 6.31. The summed E-state index contributed by atoms with van der Waals surface area (Å²) in [6.07, 6.45) is 1.54. The van der Waals surface area contributed by atoms with Crippen molar-refractivity contribution in [1.82, 2.24) is 15.1 Å². The molecule has 1 unspecified atom stereocenters. The Balaban J connectivity index is 2.60. The summed E-state index contributed by atoms with van der Waals surface area (Å²) in [6, 6.07) is -0.371. The smallest absolute Gasteiger partial charge is 0.244 e. The topological polar surface area (TPSA) is 56.1 Å². The van der Waals surface area contributed by atoms with Crippen LogP contribution in [0.5, 0.6) is 0 Å². The number of rotatable bonds is 5. The van der Waals surface area contributed by atoms with Crippen LogP contribution in [0, 0.1) is 6.92 Å². The second kappa shape index (κ2) is 5.86. The number of nitrogens with zero attached hydrogens (tertiary/aromatic N) is 2. The quantitative estimate of drug-likeness (QED) is 0.793. The third kappa shape index (κ3) is 2.96. The van der Waals surface area contributed by atoms with Crippen LogP contribution in [-0.2, 0) is 9.53 Å². The minimum absolute atomic E-state index is 0.0973. The highest BCUT2D eigenvalue weighted by Crippen LogP contribution is 2.17. The Morgan fingerprint density at radius 1 is 1.75 bits per heavy atom. The predicted octanol–water partition coefficient (Wildman–Crippen LogP) is 1.17. The number of hydrogen-bond acceptors (Lipinski definition) is 3. The zero-order chi connectivity index (χ0) is 12.1. The molecule has 5 nitrogen and oxygen atoms in total. The van der Waals surface area contributed by atoms with Crippen LogP contribution in [0.25, 0.3) is 0 Å². The van der Waals surface area contributed by atoms with Crippen molar-refractivity contribution < 1.29 is 9.53 Å². The number of nitrogens with one attached hydrogen (secondary N) is 1. The Morgan fingerprint density at radius 3 is 2.94 bits per heavy atom.